The van der Waals surface area contributed by atoms with Crippen molar-refractivity contribution >= 4 is 0 Å². The van der Waals surface area contributed by atoms with Crippen molar-refractivity contribution in [2.24, 2.45) is 0 Å². The lowest BCUT2D eigenvalue weighted by atomic mass is 10.1. The minimum absolute atomic E-state index is 1.25. The largest absolute Gasteiger partial charge is 0.0845 e. The fourth-order valence-corrected chi connectivity index (χ4v) is 2.08. The average Bonchev–Trinajstić information content (AvgIpc) is 2.39. The first-order chi connectivity index (χ1) is 8.91. The maximum atomic E-state index is 2.32. The van der Waals surface area contributed by atoms with Gasteiger partial charge in [0.25, 0.3) is 0 Å². The molecule has 0 aromatic heterocycles. The monoisotopic (exact) mass is 250 g/mol. The van der Waals surface area contributed by atoms with Crippen LogP contribution in [0, 0.1) is 0 Å². The molecule has 0 aliphatic rings. The van der Waals surface area contributed by atoms with Crippen LogP contribution in [0.3, 0.4) is 0 Å². The van der Waals surface area contributed by atoms with Crippen LogP contribution in [0.4, 0.5) is 0 Å². The summed E-state index contributed by atoms with van der Waals surface area (Å²) < 4.78 is 0. The van der Waals surface area contributed by atoms with E-state index >= 15 is 0 Å². The van der Waals surface area contributed by atoms with Gasteiger partial charge in [-0.3, -0.25) is 0 Å². The summed E-state index contributed by atoms with van der Waals surface area (Å²) in [6.07, 6.45) is 25.5. The molecule has 0 aromatic carbocycles. The molecule has 0 fully saturated rings. The highest BCUT2D eigenvalue weighted by atomic mass is 13.9. The van der Waals surface area contributed by atoms with E-state index in [2.05, 4.69) is 38.2 Å². The van der Waals surface area contributed by atoms with E-state index in [-0.39, 0.29) is 0 Å². The molecule has 0 saturated carbocycles. The third kappa shape index (κ3) is 15.5. The molecular formula is C18H34. The van der Waals surface area contributed by atoms with E-state index in [4.69, 9.17) is 0 Å². The van der Waals surface area contributed by atoms with Gasteiger partial charge in [-0.25, -0.2) is 0 Å². The Kier molecular flexibility index (Phi) is 16.0. The van der Waals surface area contributed by atoms with Gasteiger partial charge in [0.1, 0.15) is 0 Å². The molecule has 0 spiro atoms. The molecule has 0 amide bonds. The Balaban J connectivity index is 3.13. The van der Waals surface area contributed by atoms with Crippen LogP contribution in [0.25, 0.3) is 0 Å². The first-order valence-corrected chi connectivity index (χ1v) is 8.23. The number of hydrogen-bond acceptors (Lipinski definition) is 0. The Bertz CT molecular complexity index is 188. The Morgan fingerprint density at radius 2 is 0.889 bits per heavy atom. The highest BCUT2D eigenvalue weighted by molar-refractivity contribution is 5.02. The summed E-state index contributed by atoms with van der Waals surface area (Å²) in [5, 5.41) is 0. The van der Waals surface area contributed by atoms with Crippen molar-refractivity contribution in [3.8, 4) is 0 Å². The van der Waals surface area contributed by atoms with Gasteiger partial charge in [0.2, 0.25) is 0 Å². The molecule has 0 nitrogen and oxygen atoms in total. The Labute approximate surface area is 116 Å². The van der Waals surface area contributed by atoms with E-state index in [0.29, 0.717) is 0 Å². The van der Waals surface area contributed by atoms with Crippen LogP contribution in [0.1, 0.15) is 90.9 Å². The summed E-state index contributed by atoms with van der Waals surface area (Å²) in [6, 6.07) is 0. The summed E-state index contributed by atoms with van der Waals surface area (Å²) in [5.74, 6) is 0. The molecule has 0 saturated heterocycles. The van der Waals surface area contributed by atoms with Crippen molar-refractivity contribution in [2.75, 3.05) is 0 Å². The van der Waals surface area contributed by atoms with Gasteiger partial charge in [0.05, 0.1) is 0 Å². The van der Waals surface area contributed by atoms with Gasteiger partial charge in [-0.15, -0.1) is 0 Å². The van der Waals surface area contributed by atoms with Crippen LogP contribution >= 0.6 is 0 Å². The molecular weight excluding hydrogens is 216 g/mol. The molecule has 0 unspecified atom stereocenters. The predicted molar refractivity (Wildman–Crippen MR) is 85.0 cm³/mol. The van der Waals surface area contributed by atoms with Crippen LogP contribution in [-0.4, -0.2) is 0 Å². The third-order valence-electron chi connectivity index (χ3n) is 3.33. The molecule has 0 bridgehead atoms. The summed E-state index contributed by atoms with van der Waals surface area (Å²) >= 11 is 0. The van der Waals surface area contributed by atoms with Gasteiger partial charge in [0.15, 0.2) is 0 Å². The van der Waals surface area contributed by atoms with Gasteiger partial charge < -0.3 is 0 Å². The Morgan fingerprint density at radius 1 is 0.500 bits per heavy atom. The molecule has 0 radical (unpaired) electrons. The van der Waals surface area contributed by atoms with E-state index in [0.717, 1.165) is 0 Å². The zero-order valence-corrected chi connectivity index (χ0v) is 12.8. The normalized spacial score (nSPS) is 11.9. The van der Waals surface area contributed by atoms with E-state index in [1.165, 1.54) is 77.0 Å². The van der Waals surface area contributed by atoms with Gasteiger partial charge in [0, 0.05) is 0 Å². The lowest BCUT2D eigenvalue weighted by Gasteiger charge is -1.98. The number of unbranched alkanes of at least 4 members (excludes halogenated alkanes) is 10. The van der Waals surface area contributed by atoms with Crippen molar-refractivity contribution in [1.29, 1.82) is 0 Å². The topological polar surface area (TPSA) is 0 Å². The van der Waals surface area contributed by atoms with E-state index in [1.54, 1.807) is 0 Å². The second kappa shape index (κ2) is 16.5. The highest BCUT2D eigenvalue weighted by Gasteiger charge is 1.88. The summed E-state index contributed by atoms with van der Waals surface area (Å²) in [4.78, 5) is 0. The van der Waals surface area contributed by atoms with Crippen molar-refractivity contribution < 1.29 is 0 Å². The molecule has 0 N–H and O–H groups in total. The molecule has 0 aromatic rings. The second-order valence-electron chi connectivity index (χ2n) is 5.26. The molecule has 0 aliphatic heterocycles. The third-order valence-corrected chi connectivity index (χ3v) is 3.33. The lowest BCUT2D eigenvalue weighted by Crippen LogP contribution is -1.78. The van der Waals surface area contributed by atoms with E-state index in [1.807, 2.05) is 0 Å². The van der Waals surface area contributed by atoms with E-state index < -0.39 is 0 Å². The maximum Gasteiger partial charge on any atom is -0.0348 e. The first kappa shape index (κ1) is 17.5. The first-order valence-electron chi connectivity index (χ1n) is 8.23. The number of rotatable bonds is 13. The summed E-state index contributed by atoms with van der Waals surface area (Å²) in [7, 11) is 0. The van der Waals surface area contributed by atoms with Crippen molar-refractivity contribution in [2.45, 2.75) is 90.9 Å². The molecule has 106 valence electrons. The Morgan fingerprint density at radius 3 is 1.44 bits per heavy atom. The van der Waals surface area contributed by atoms with Gasteiger partial charge in [-0.2, -0.15) is 0 Å². The predicted octanol–water partition coefficient (Wildman–Crippen LogP) is 6.82. The zero-order chi connectivity index (χ0) is 13.3. The zero-order valence-electron chi connectivity index (χ0n) is 12.8. The van der Waals surface area contributed by atoms with Crippen LogP contribution in [-0.2, 0) is 0 Å². The standard InChI is InChI=1S/C18H34/c1-3-5-7-9-11-13-15-17-18-16-14-12-10-8-6-4-2/h11,13,15,17H,3-10,12,14,16,18H2,1-2H3/b13-11+,17-15-. The quantitative estimate of drug-likeness (QED) is 0.248. The van der Waals surface area contributed by atoms with Crippen molar-refractivity contribution in [1.82, 2.24) is 0 Å². The number of hydrogen-bond donors (Lipinski definition) is 0. The molecule has 0 heteroatoms. The van der Waals surface area contributed by atoms with Crippen LogP contribution in [0.2, 0.25) is 0 Å². The minimum atomic E-state index is 1.25. The highest BCUT2D eigenvalue weighted by Crippen LogP contribution is 2.08. The molecule has 0 heterocycles. The molecule has 0 aliphatic carbocycles. The fraction of sp³-hybridized carbons (Fsp3) is 0.778. The maximum absolute atomic E-state index is 2.32. The smallest absolute Gasteiger partial charge is 0.0348 e. The molecule has 18 heavy (non-hydrogen) atoms. The fourth-order valence-electron chi connectivity index (χ4n) is 2.08. The van der Waals surface area contributed by atoms with Crippen molar-refractivity contribution in [3.05, 3.63) is 24.3 Å². The Hall–Kier alpha value is -0.520. The summed E-state index contributed by atoms with van der Waals surface area (Å²) in [6.45, 7) is 4.53. The lowest BCUT2D eigenvalue weighted by molar-refractivity contribution is 0.592. The number of allylic oxidation sites excluding steroid dienone is 4. The van der Waals surface area contributed by atoms with Gasteiger partial charge in [-0.05, 0) is 25.7 Å². The van der Waals surface area contributed by atoms with Crippen LogP contribution < -0.4 is 0 Å². The molecule has 0 atom stereocenters. The van der Waals surface area contributed by atoms with Crippen LogP contribution in [0.15, 0.2) is 24.3 Å². The van der Waals surface area contributed by atoms with Crippen molar-refractivity contribution in [3.63, 3.8) is 0 Å². The van der Waals surface area contributed by atoms with E-state index in [9.17, 15) is 0 Å². The minimum Gasteiger partial charge on any atom is -0.0845 e. The second-order valence-corrected chi connectivity index (χ2v) is 5.26. The SMILES string of the molecule is CCCCC/C=C/C=C\CCCCCCCCC. The van der Waals surface area contributed by atoms with Crippen LogP contribution in [0.5, 0.6) is 0 Å². The van der Waals surface area contributed by atoms with Gasteiger partial charge in [-0.1, -0.05) is 89.5 Å². The van der Waals surface area contributed by atoms with Gasteiger partial charge >= 0.3 is 0 Å². The summed E-state index contributed by atoms with van der Waals surface area (Å²) in [5.41, 5.74) is 0. The molecule has 0 rings (SSSR count). The average molecular weight is 250 g/mol.